The smallest absolute Gasteiger partial charge is 0.0323 e. The van der Waals surface area contributed by atoms with Gasteiger partial charge >= 0.3 is 0 Å². The molecule has 0 heterocycles. The van der Waals surface area contributed by atoms with Gasteiger partial charge in [-0.15, -0.1) is 0 Å². The van der Waals surface area contributed by atoms with Crippen molar-refractivity contribution >= 4 is 0 Å². The van der Waals surface area contributed by atoms with Crippen molar-refractivity contribution in [3.05, 3.63) is 35.4 Å². The highest BCUT2D eigenvalue weighted by Gasteiger charge is 2.25. The Bertz CT molecular complexity index is 285. The van der Waals surface area contributed by atoms with E-state index in [9.17, 15) is 0 Å². The van der Waals surface area contributed by atoms with E-state index < -0.39 is 0 Å². The molecule has 1 aromatic carbocycles. The summed E-state index contributed by atoms with van der Waals surface area (Å²) in [6.45, 7) is 2.18. The summed E-state index contributed by atoms with van der Waals surface area (Å²) in [5.74, 6) is 0.738. The molecule has 0 aliphatic heterocycles. The first-order valence-electron chi connectivity index (χ1n) is 5.65. The van der Waals surface area contributed by atoms with Crippen LogP contribution in [0.5, 0.6) is 0 Å². The second kappa shape index (κ2) is 4.14. The molecule has 14 heavy (non-hydrogen) atoms. The van der Waals surface area contributed by atoms with E-state index in [2.05, 4.69) is 31.2 Å². The van der Waals surface area contributed by atoms with Crippen LogP contribution in [0.1, 0.15) is 43.4 Å². The van der Waals surface area contributed by atoms with E-state index in [1.807, 2.05) is 0 Å². The van der Waals surface area contributed by atoms with E-state index in [-0.39, 0.29) is 6.04 Å². The predicted molar refractivity (Wildman–Crippen MR) is 60.1 cm³/mol. The maximum Gasteiger partial charge on any atom is 0.0323 e. The molecule has 0 amide bonds. The quantitative estimate of drug-likeness (QED) is 0.777. The van der Waals surface area contributed by atoms with Crippen molar-refractivity contribution in [2.45, 2.75) is 38.6 Å². The number of hydrogen-bond acceptors (Lipinski definition) is 1. The highest BCUT2D eigenvalue weighted by molar-refractivity contribution is 5.25. The predicted octanol–water partition coefficient (Wildman–Crippen LogP) is 3.05. The van der Waals surface area contributed by atoms with Crippen molar-refractivity contribution in [3.63, 3.8) is 0 Å². The van der Waals surface area contributed by atoms with Crippen LogP contribution < -0.4 is 5.73 Å². The number of rotatable bonds is 3. The van der Waals surface area contributed by atoms with E-state index >= 15 is 0 Å². The van der Waals surface area contributed by atoms with Crippen LogP contribution in [-0.2, 0) is 6.42 Å². The molecular formula is C13H19N. The molecule has 0 bridgehead atoms. The molecule has 0 aromatic heterocycles. The third-order valence-corrected chi connectivity index (χ3v) is 3.43. The minimum absolute atomic E-state index is 0.273. The largest absolute Gasteiger partial charge is 0.324 e. The first kappa shape index (κ1) is 9.72. The van der Waals surface area contributed by atoms with Crippen LogP contribution in [0, 0.1) is 5.92 Å². The third kappa shape index (κ3) is 1.83. The number of aryl methyl sites for hydroxylation is 1. The molecular weight excluding hydrogens is 170 g/mol. The highest BCUT2D eigenvalue weighted by atomic mass is 14.7. The molecule has 1 unspecified atom stereocenters. The molecule has 1 fully saturated rings. The van der Waals surface area contributed by atoms with Crippen molar-refractivity contribution in [2.75, 3.05) is 0 Å². The second-order valence-corrected chi connectivity index (χ2v) is 4.31. The van der Waals surface area contributed by atoms with E-state index in [1.165, 1.54) is 30.4 Å². The van der Waals surface area contributed by atoms with Crippen molar-refractivity contribution in [1.82, 2.24) is 0 Å². The Morgan fingerprint density at radius 2 is 1.93 bits per heavy atom. The van der Waals surface area contributed by atoms with Gasteiger partial charge in [0.1, 0.15) is 0 Å². The summed E-state index contributed by atoms with van der Waals surface area (Å²) in [5.41, 5.74) is 8.90. The van der Waals surface area contributed by atoms with Crippen LogP contribution in [0.4, 0.5) is 0 Å². The average Bonchev–Trinajstić information content (AvgIpc) is 2.15. The van der Waals surface area contributed by atoms with Crippen LogP contribution in [-0.4, -0.2) is 0 Å². The van der Waals surface area contributed by atoms with Gasteiger partial charge in [0.15, 0.2) is 0 Å². The fraction of sp³-hybridized carbons (Fsp3) is 0.538. The summed E-state index contributed by atoms with van der Waals surface area (Å²) in [4.78, 5) is 0. The summed E-state index contributed by atoms with van der Waals surface area (Å²) >= 11 is 0. The topological polar surface area (TPSA) is 26.0 Å². The van der Waals surface area contributed by atoms with Gasteiger partial charge in [0.2, 0.25) is 0 Å². The van der Waals surface area contributed by atoms with Gasteiger partial charge < -0.3 is 5.73 Å². The lowest BCUT2D eigenvalue weighted by atomic mass is 9.77. The average molecular weight is 189 g/mol. The first-order chi connectivity index (χ1) is 6.81. The maximum absolute atomic E-state index is 6.19. The monoisotopic (exact) mass is 189 g/mol. The van der Waals surface area contributed by atoms with E-state index in [0.717, 1.165) is 12.3 Å². The van der Waals surface area contributed by atoms with Crippen LogP contribution >= 0.6 is 0 Å². The van der Waals surface area contributed by atoms with Crippen molar-refractivity contribution < 1.29 is 0 Å². The van der Waals surface area contributed by atoms with Crippen molar-refractivity contribution in [1.29, 1.82) is 0 Å². The highest BCUT2D eigenvalue weighted by Crippen LogP contribution is 2.36. The number of hydrogen-bond donors (Lipinski definition) is 1. The van der Waals surface area contributed by atoms with Crippen LogP contribution in [0.25, 0.3) is 0 Å². The van der Waals surface area contributed by atoms with E-state index in [0.29, 0.717) is 0 Å². The van der Waals surface area contributed by atoms with Gasteiger partial charge in [0.25, 0.3) is 0 Å². The second-order valence-electron chi connectivity index (χ2n) is 4.31. The Labute approximate surface area is 86.3 Å². The van der Waals surface area contributed by atoms with Crippen molar-refractivity contribution in [2.24, 2.45) is 11.7 Å². The molecule has 1 nitrogen and oxygen atoms in total. The molecule has 0 radical (unpaired) electrons. The fourth-order valence-corrected chi connectivity index (χ4v) is 2.05. The summed E-state index contributed by atoms with van der Waals surface area (Å²) in [6.07, 6.45) is 5.11. The minimum atomic E-state index is 0.273. The van der Waals surface area contributed by atoms with Gasteiger partial charge in [-0.25, -0.2) is 0 Å². The van der Waals surface area contributed by atoms with Crippen LogP contribution in [0.3, 0.4) is 0 Å². The zero-order valence-electron chi connectivity index (χ0n) is 8.87. The Morgan fingerprint density at radius 1 is 1.29 bits per heavy atom. The molecule has 0 saturated heterocycles. The zero-order valence-corrected chi connectivity index (χ0v) is 8.87. The van der Waals surface area contributed by atoms with E-state index in [4.69, 9.17) is 5.73 Å². The van der Waals surface area contributed by atoms with Gasteiger partial charge in [0.05, 0.1) is 0 Å². The first-order valence-corrected chi connectivity index (χ1v) is 5.65. The Morgan fingerprint density at radius 3 is 2.36 bits per heavy atom. The number of nitrogens with two attached hydrogens (primary N) is 1. The number of benzene rings is 1. The zero-order chi connectivity index (χ0) is 9.97. The minimum Gasteiger partial charge on any atom is -0.324 e. The Balaban J connectivity index is 2.07. The van der Waals surface area contributed by atoms with Gasteiger partial charge in [-0.2, -0.15) is 0 Å². The lowest BCUT2D eigenvalue weighted by Gasteiger charge is -2.31. The maximum atomic E-state index is 6.19. The SMILES string of the molecule is CCc1ccc(C(N)C2CCC2)cc1. The molecule has 1 atom stereocenters. The molecule has 0 spiro atoms. The van der Waals surface area contributed by atoms with Gasteiger partial charge in [-0.05, 0) is 36.3 Å². The lowest BCUT2D eigenvalue weighted by molar-refractivity contribution is 0.264. The molecule has 1 saturated carbocycles. The fourth-order valence-electron chi connectivity index (χ4n) is 2.05. The van der Waals surface area contributed by atoms with Gasteiger partial charge in [-0.1, -0.05) is 37.6 Å². The van der Waals surface area contributed by atoms with Gasteiger partial charge in [0, 0.05) is 6.04 Å². The Kier molecular flexibility index (Phi) is 2.87. The summed E-state index contributed by atoms with van der Waals surface area (Å²) < 4.78 is 0. The molecule has 2 N–H and O–H groups in total. The summed E-state index contributed by atoms with van der Waals surface area (Å²) in [6, 6.07) is 9.07. The van der Waals surface area contributed by atoms with Crippen LogP contribution in [0.2, 0.25) is 0 Å². The normalized spacial score (nSPS) is 19.0. The molecule has 1 aliphatic rings. The van der Waals surface area contributed by atoms with E-state index in [1.54, 1.807) is 0 Å². The van der Waals surface area contributed by atoms with Crippen molar-refractivity contribution in [3.8, 4) is 0 Å². The molecule has 76 valence electrons. The van der Waals surface area contributed by atoms with Crippen LogP contribution in [0.15, 0.2) is 24.3 Å². The third-order valence-electron chi connectivity index (χ3n) is 3.43. The summed E-state index contributed by atoms with van der Waals surface area (Å²) in [5, 5.41) is 0. The van der Waals surface area contributed by atoms with Gasteiger partial charge in [-0.3, -0.25) is 0 Å². The molecule has 2 rings (SSSR count). The lowest BCUT2D eigenvalue weighted by Crippen LogP contribution is -2.26. The molecule has 1 aromatic rings. The standard InChI is InChI=1S/C13H19N/c1-2-10-6-8-12(9-7-10)13(14)11-4-3-5-11/h6-9,11,13H,2-5,14H2,1H3. The summed E-state index contributed by atoms with van der Waals surface area (Å²) in [7, 11) is 0. The Hall–Kier alpha value is -0.820. The molecule has 1 aliphatic carbocycles. The molecule has 1 heteroatoms.